The maximum atomic E-state index is 13.5. The predicted octanol–water partition coefficient (Wildman–Crippen LogP) is 4.56. The maximum Gasteiger partial charge on any atom is 0.426 e. The Morgan fingerprint density at radius 3 is 2.26 bits per heavy atom. The third-order valence-corrected chi connectivity index (χ3v) is 8.18. The molecular formula is C31H42BN3O6S. The Bertz CT molecular complexity index is 1330. The first-order valence-electron chi connectivity index (χ1n) is 14.1. The van der Waals surface area contributed by atoms with Gasteiger partial charge in [0.25, 0.3) is 0 Å². The van der Waals surface area contributed by atoms with Crippen LogP contribution in [0.2, 0.25) is 0 Å². The number of imide groups is 1. The van der Waals surface area contributed by atoms with Crippen molar-refractivity contribution >= 4 is 42.4 Å². The summed E-state index contributed by atoms with van der Waals surface area (Å²) in [6.07, 6.45) is -1.61. The summed E-state index contributed by atoms with van der Waals surface area (Å²) in [5.74, 6) is 2.28. The third kappa shape index (κ3) is 7.23. The molecule has 2 aromatic rings. The lowest BCUT2D eigenvalue weighted by atomic mass is 9.79. The lowest BCUT2D eigenvalue weighted by Crippen LogP contribution is -2.49. The first kappa shape index (κ1) is 31.8. The summed E-state index contributed by atoms with van der Waals surface area (Å²) in [7, 11) is 5.35. The number of nitrogens with zero attached hydrogens (tertiary/aromatic N) is 3. The van der Waals surface area contributed by atoms with E-state index in [1.54, 1.807) is 55.8 Å². The van der Waals surface area contributed by atoms with Gasteiger partial charge in [0.1, 0.15) is 36.1 Å². The van der Waals surface area contributed by atoms with Crippen molar-refractivity contribution < 1.29 is 28.5 Å². The highest BCUT2D eigenvalue weighted by atomic mass is 32.2. The molecule has 0 spiro atoms. The highest BCUT2D eigenvalue weighted by molar-refractivity contribution is 8.13. The maximum absolute atomic E-state index is 13.5. The Kier molecular flexibility index (Phi) is 9.23. The Morgan fingerprint density at radius 2 is 1.69 bits per heavy atom. The van der Waals surface area contributed by atoms with Crippen LogP contribution in [0.15, 0.2) is 47.5 Å². The number of ether oxygens (including phenoxy) is 4. The molecule has 1 saturated heterocycles. The molecule has 0 bridgehead atoms. The van der Waals surface area contributed by atoms with Crippen molar-refractivity contribution in [3.8, 4) is 11.5 Å². The molecule has 1 fully saturated rings. The topological polar surface area (TPSA) is 89.9 Å². The molecule has 0 unspecified atom stereocenters. The first-order valence-corrected chi connectivity index (χ1v) is 15.1. The summed E-state index contributed by atoms with van der Waals surface area (Å²) in [6, 6.07) is 14.2. The van der Waals surface area contributed by atoms with Crippen molar-refractivity contribution in [3.63, 3.8) is 0 Å². The molecule has 9 nitrogen and oxygen atoms in total. The minimum absolute atomic E-state index is 0.136. The zero-order valence-electron chi connectivity index (χ0n) is 26.1. The van der Waals surface area contributed by atoms with E-state index in [9.17, 15) is 9.59 Å². The molecule has 2 amide bonds. The van der Waals surface area contributed by atoms with E-state index in [1.165, 1.54) is 11.8 Å². The van der Waals surface area contributed by atoms with Crippen molar-refractivity contribution in [1.29, 1.82) is 0 Å². The van der Waals surface area contributed by atoms with Gasteiger partial charge in [-0.15, -0.1) is 0 Å². The van der Waals surface area contributed by atoms with Crippen molar-refractivity contribution in [2.45, 2.75) is 64.8 Å². The molecule has 0 radical (unpaired) electrons. The number of hydrogen-bond acceptors (Lipinski definition) is 9. The molecule has 226 valence electrons. The number of methoxy groups -OCH3 is 2. The van der Waals surface area contributed by atoms with Gasteiger partial charge in [0.2, 0.25) is 0 Å². The number of rotatable bonds is 5. The molecule has 2 aromatic carbocycles. The number of carbonyl (C=O) groups is 2. The number of benzene rings is 2. The van der Waals surface area contributed by atoms with Gasteiger partial charge < -0.3 is 18.9 Å². The van der Waals surface area contributed by atoms with Crippen LogP contribution in [0.3, 0.4) is 0 Å². The van der Waals surface area contributed by atoms with Crippen LogP contribution in [0, 0.1) is 5.92 Å². The van der Waals surface area contributed by atoms with Gasteiger partial charge in [-0.2, -0.15) is 4.90 Å². The number of aliphatic imine (C=N–C) groups is 1. The molecular weight excluding hydrogens is 553 g/mol. The SMILES string of the molecule is Bc1cccc([C@]23CN(Cc4ccc(OC)cc4OC)C[C@H]2CSC(N(C(=O)OC(C)(C)C)C(=O)OC(C)(C)C)=N3)c1. The van der Waals surface area contributed by atoms with E-state index >= 15 is 0 Å². The number of hydrogen-bond donors (Lipinski definition) is 0. The molecule has 0 N–H and O–H groups in total. The van der Waals surface area contributed by atoms with Gasteiger partial charge in [0.15, 0.2) is 5.17 Å². The van der Waals surface area contributed by atoms with Crippen molar-refractivity contribution in [2.24, 2.45) is 10.9 Å². The number of amides is 2. The fraction of sp³-hybridized carbons (Fsp3) is 0.516. The van der Waals surface area contributed by atoms with Crippen molar-refractivity contribution in [3.05, 3.63) is 53.6 Å². The quantitative estimate of drug-likeness (QED) is 0.465. The average Bonchev–Trinajstić information content (AvgIpc) is 3.25. The Hall–Kier alpha value is -3.18. The second kappa shape index (κ2) is 12.2. The lowest BCUT2D eigenvalue weighted by molar-refractivity contribution is 0.0150. The van der Waals surface area contributed by atoms with Gasteiger partial charge in [-0.1, -0.05) is 47.6 Å². The summed E-state index contributed by atoms with van der Waals surface area (Å²) in [4.78, 5) is 35.5. The number of fused-ring (bicyclic) bond motifs is 1. The van der Waals surface area contributed by atoms with Crippen LogP contribution < -0.4 is 14.9 Å². The number of amidine groups is 1. The monoisotopic (exact) mass is 595 g/mol. The molecule has 42 heavy (non-hydrogen) atoms. The second-order valence-electron chi connectivity index (χ2n) is 12.8. The van der Waals surface area contributed by atoms with E-state index in [1.807, 2.05) is 24.3 Å². The van der Waals surface area contributed by atoms with Crippen LogP contribution in [0.5, 0.6) is 11.5 Å². The molecule has 0 aromatic heterocycles. The minimum Gasteiger partial charge on any atom is -0.497 e. The highest BCUT2D eigenvalue weighted by Gasteiger charge is 2.52. The molecule has 2 aliphatic rings. The zero-order chi connectivity index (χ0) is 30.9. The van der Waals surface area contributed by atoms with E-state index in [-0.39, 0.29) is 11.1 Å². The summed E-state index contributed by atoms with van der Waals surface area (Å²) in [5.41, 5.74) is 0.891. The first-order chi connectivity index (χ1) is 19.6. The number of likely N-dealkylation sites (tertiary alicyclic amines) is 1. The van der Waals surface area contributed by atoms with Crippen LogP contribution in [-0.2, 0) is 21.6 Å². The molecule has 0 saturated carbocycles. The van der Waals surface area contributed by atoms with Crippen LogP contribution in [0.4, 0.5) is 9.59 Å². The van der Waals surface area contributed by atoms with Gasteiger partial charge in [-0.25, -0.2) is 14.6 Å². The fourth-order valence-corrected chi connectivity index (χ4v) is 6.54. The number of carbonyl (C=O) groups excluding carboxylic acids is 2. The minimum atomic E-state index is -0.810. The lowest BCUT2D eigenvalue weighted by Gasteiger charge is -2.38. The van der Waals surface area contributed by atoms with Gasteiger partial charge >= 0.3 is 12.2 Å². The van der Waals surface area contributed by atoms with E-state index in [4.69, 9.17) is 23.9 Å². The van der Waals surface area contributed by atoms with Gasteiger partial charge in [0, 0.05) is 42.9 Å². The molecule has 2 atom stereocenters. The predicted molar refractivity (Wildman–Crippen MR) is 169 cm³/mol. The van der Waals surface area contributed by atoms with E-state index in [0.29, 0.717) is 18.8 Å². The third-order valence-electron chi connectivity index (χ3n) is 7.08. The van der Waals surface area contributed by atoms with Crippen LogP contribution >= 0.6 is 11.8 Å². The molecule has 4 rings (SSSR count). The normalized spacial score (nSPS) is 20.8. The average molecular weight is 596 g/mol. The summed E-state index contributed by atoms with van der Waals surface area (Å²) < 4.78 is 22.4. The summed E-state index contributed by atoms with van der Waals surface area (Å²) in [6.45, 7) is 12.6. The molecule has 2 aliphatic heterocycles. The van der Waals surface area contributed by atoms with Gasteiger partial charge in [-0.3, -0.25) is 4.90 Å². The van der Waals surface area contributed by atoms with Crippen LogP contribution in [0.25, 0.3) is 0 Å². The van der Waals surface area contributed by atoms with E-state index in [2.05, 4.69) is 30.9 Å². The van der Waals surface area contributed by atoms with E-state index < -0.39 is 28.9 Å². The van der Waals surface area contributed by atoms with Gasteiger partial charge in [-0.05, 0) is 53.2 Å². The second-order valence-corrected chi connectivity index (χ2v) is 13.8. The Morgan fingerprint density at radius 1 is 1.02 bits per heavy atom. The van der Waals surface area contributed by atoms with Crippen molar-refractivity contribution in [2.75, 3.05) is 33.1 Å². The van der Waals surface area contributed by atoms with Gasteiger partial charge in [0.05, 0.1) is 14.2 Å². The van der Waals surface area contributed by atoms with Crippen molar-refractivity contribution in [1.82, 2.24) is 9.80 Å². The standard InChI is InChI=1S/C31H42BN3O6S/c1-29(2,3)40-27(36)35(28(37)41-30(4,5)6)26-33-31(21-10-9-11-23(32)14-21)19-34(17-22(31)18-42-26)16-20-12-13-24(38-7)15-25(20)39-8/h9-15,22H,16-19,32H2,1-8H3/t22-,31+/m0/s1. The van der Waals surface area contributed by atoms with Crippen LogP contribution in [0.1, 0.15) is 52.7 Å². The molecule has 11 heteroatoms. The Labute approximate surface area is 254 Å². The van der Waals surface area contributed by atoms with Crippen LogP contribution in [-0.4, -0.2) is 79.3 Å². The zero-order valence-corrected chi connectivity index (χ0v) is 27.0. The van der Waals surface area contributed by atoms with E-state index in [0.717, 1.165) is 39.5 Å². The fourth-order valence-electron chi connectivity index (χ4n) is 5.30. The molecule has 0 aliphatic carbocycles. The summed E-state index contributed by atoms with van der Waals surface area (Å²) in [5, 5.41) is 0.278. The number of thioether (sulfide) groups is 1. The highest BCUT2D eigenvalue weighted by Crippen LogP contribution is 2.47. The molecule has 2 heterocycles. The largest absolute Gasteiger partial charge is 0.497 e. The smallest absolute Gasteiger partial charge is 0.426 e. The Balaban J connectivity index is 1.76. The summed E-state index contributed by atoms with van der Waals surface area (Å²) >= 11 is 1.38.